The summed E-state index contributed by atoms with van der Waals surface area (Å²) in [7, 11) is 1.90. The highest BCUT2D eigenvalue weighted by Gasteiger charge is 2.12. The van der Waals surface area contributed by atoms with Gasteiger partial charge in [-0.3, -0.25) is 0 Å². The summed E-state index contributed by atoms with van der Waals surface area (Å²) in [6, 6.07) is 8.12. The van der Waals surface area contributed by atoms with Gasteiger partial charge in [0.2, 0.25) is 10.8 Å². The normalized spacial score (nSPS) is 11.9. The van der Waals surface area contributed by atoms with Crippen molar-refractivity contribution in [2.24, 2.45) is 5.73 Å². The molecule has 0 bridgehead atoms. The van der Waals surface area contributed by atoms with Gasteiger partial charge in [0, 0.05) is 16.5 Å². The molecule has 3 N–H and O–H groups in total. The van der Waals surface area contributed by atoms with Crippen LogP contribution in [0.4, 0.5) is 0 Å². The van der Waals surface area contributed by atoms with Crippen LogP contribution in [-0.4, -0.2) is 22.6 Å². The predicted molar refractivity (Wildman–Crippen MR) is 74.6 cm³/mol. The molecule has 0 unspecified atom stereocenters. The number of halogens is 1. The summed E-state index contributed by atoms with van der Waals surface area (Å²) >= 11 is 8.27. The first-order chi connectivity index (χ1) is 7.54. The zero-order valence-electron chi connectivity index (χ0n) is 9.33. The van der Waals surface area contributed by atoms with E-state index in [1.807, 2.05) is 23.9 Å². The topological polar surface area (TPSA) is 41.1 Å². The van der Waals surface area contributed by atoms with Gasteiger partial charge in [-0.2, -0.15) is 0 Å². The van der Waals surface area contributed by atoms with Gasteiger partial charge < -0.3 is 5.73 Å². The Labute approximate surface area is 109 Å². The lowest BCUT2D eigenvalue weighted by Gasteiger charge is -2.05. The van der Waals surface area contributed by atoms with Crippen LogP contribution in [0.25, 0.3) is 0 Å². The minimum Gasteiger partial charge on any atom is -0.372 e. The van der Waals surface area contributed by atoms with E-state index in [4.69, 9.17) is 18.0 Å². The molecule has 1 rings (SSSR count). The van der Waals surface area contributed by atoms with Crippen LogP contribution in [-0.2, 0) is 0 Å². The van der Waals surface area contributed by atoms with Crippen molar-refractivity contribution in [1.82, 2.24) is 5.43 Å². The van der Waals surface area contributed by atoms with Crippen molar-refractivity contribution in [3.05, 3.63) is 34.3 Å². The molecule has 1 aromatic carbocycles. The Hall–Kier alpha value is -0.940. The Morgan fingerprint density at radius 1 is 1.56 bits per heavy atom. The van der Waals surface area contributed by atoms with Crippen molar-refractivity contribution in [3.8, 4) is 0 Å². The molecule has 0 aliphatic heterocycles. The quantitative estimate of drug-likeness (QED) is 0.388. The smallest absolute Gasteiger partial charge is 0.221 e. The fourth-order valence-corrected chi connectivity index (χ4v) is 2.07. The average Bonchev–Trinajstić information content (AvgIpc) is 2.17. The zero-order valence-corrected chi connectivity index (χ0v) is 11.7. The van der Waals surface area contributed by atoms with E-state index in [-0.39, 0.29) is 5.11 Å². The minimum atomic E-state index is 0.267. The Bertz CT molecular complexity index is 429. The van der Waals surface area contributed by atoms with Gasteiger partial charge in [0.25, 0.3) is 0 Å². The van der Waals surface area contributed by atoms with Gasteiger partial charge in [0.1, 0.15) is 0 Å². The third-order valence-electron chi connectivity index (χ3n) is 2.18. The van der Waals surface area contributed by atoms with Gasteiger partial charge in [-0.1, -0.05) is 28.9 Å². The molecule has 0 aliphatic carbocycles. The second-order valence-corrected chi connectivity index (χ2v) is 4.70. The van der Waals surface area contributed by atoms with Crippen LogP contribution in [0.15, 0.2) is 28.7 Å². The van der Waals surface area contributed by atoms with E-state index >= 15 is 0 Å². The summed E-state index contributed by atoms with van der Waals surface area (Å²) in [6.45, 7) is 2.09. The maximum atomic E-state index is 5.45. The number of hydrogen-bond acceptors (Lipinski definition) is 1. The molecule has 0 radical (unpaired) electrons. The molecule has 0 saturated heterocycles. The van der Waals surface area contributed by atoms with Gasteiger partial charge in [0.15, 0.2) is 7.05 Å². The maximum Gasteiger partial charge on any atom is 0.221 e. The molecule has 3 nitrogen and oxygen atoms in total. The number of rotatable bonds is 3. The van der Waals surface area contributed by atoms with E-state index in [2.05, 4.69) is 40.4 Å². The summed E-state index contributed by atoms with van der Waals surface area (Å²) < 4.78 is 2.91. The molecule has 0 aliphatic rings. The molecule has 0 amide bonds. The molecule has 5 heteroatoms. The van der Waals surface area contributed by atoms with Crippen LogP contribution in [0.1, 0.15) is 18.9 Å². The van der Waals surface area contributed by atoms with Crippen molar-refractivity contribution >= 4 is 39.0 Å². The highest BCUT2D eigenvalue weighted by atomic mass is 79.9. The van der Waals surface area contributed by atoms with E-state index < -0.39 is 0 Å². The Morgan fingerprint density at radius 3 is 2.75 bits per heavy atom. The minimum absolute atomic E-state index is 0.267. The highest BCUT2D eigenvalue weighted by Crippen LogP contribution is 2.13. The van der Waals surface area contributed by atoms with Gasteiger partial charge in [0.05, 0.1) is 0 Å². The standard InChI is InChI=1S/C11H14BrN3S/c1-3-10(15(2)14-11(13)16)8-5-4-6-9(12)7-8/h4-7H,3H2,1-2H3,(H2-,13,14,16)/p+1. The molecule has 1 aromatic rings. The number of hydrogen-bond donors (Lipinski definition) is 2. The summed E-state index contributed by atoms with van der Waals surface area (Å²) in [5.41, 5.74) is 10.6. The van der Waals surface area contributed by atoms with Crippen LogP contribution < -0.4 is 11.2 Å². The molecule has 0 atom stereocenters. The van der Waals surface area contributed by atoms with Crippen molar-refractivity contribution in [2.45, 2.75) is 13.3 Å². The third kappa shape index (κ3) is 3.57. The van der Waals surface area contributed by atoms with Gasteiger partial charge in [-0.05, 0) is 30.4 Å². The van der Waals surface area contributed by atoms with Gasteiger partial charge in [-0.25, -0.2) is 0 Å². The Kier molecular flexibility index (Phi) is 4.89. The monoisotopic (exact) mass is 300 g/mol. The summed E-state index contributed by atoms with van der Waals surface area (Å²) in [4.78, 5) is 0. The van der Waals surface area contributed by atoms with E-state index in [1.54, 1.807) is 0 Å². The lowest BCUT2D eigenvalue weighted by molar-refractivity contribution is -0.541. The van der Waals surface area contributed by atoms with Crippen LogP contribution >= 0.6 is 28.1 Å². The molecule has 0 heterocycles. The second kappa shape index (κ2) is 5.96. The number of benzene rings is 1. The first-order valence-electron chi connectivity index (χ1n) is 4.96. The Morgan fingerprint density at radius 2 is 2.25 bits per heavy atom. The van der Waals surface area contributed by atoms with Crippen LogP contribution in [0.3, 0.4) is 0 Å². The second-order valence-electron chi connectivity index (χ2n) is 3.35. The van der Waals surface area contributed by atoms with Crippen molar-refractivity contribution in [1.29, 1.82) is 0 Å². The summed E-state index contributed by atoms with van der Waals surface area (Å²) in [6.07, 6.45) is 0.891. The van der Waals surface area contributed by atoms with Gasteiger partial charge >= 0.3 is 0 Å². The molecule has 0 fully saturated rings. The molecule has 0 saturated carbocycles. The zero-order chi connectivity index (χ0) is 12.1. The fourth-order valence-electron chi connectivity index (χ4n) is 1.54. The molecular weight excluding hydrogens is 286 g/mol. The van der Waals surface area contributed by atoms with Crippen LogP contribution in [0.2, 0.25) is 0 Å². The molecule has 0 aromatic heterocycles. The SMILES string of the molecule is CCC(c1cccc(Br)c1)=[N+](C)NC(N)=S. The predicted octanol–water partition coefficient (Wildman–Crippen LogP) is 2.04. The average molecular weight is 301 g/mol. The first kappa shape index (κ1) is 13.1. The van der Waals surface area contributed by atoms with E-state index in [9.17, 15) is 0 Å². The lowest BCUT2D eigenvalue weighted by Crippen LogP contribution is -2.39. The van der Waals surface area contributed by atoms with E-state index in [0.717, 1.165) is 22.2 Å². The fraction of sp³-hybridized carbons (Fsp3) is 0.273. The number of nitrogens with two attached hydrogens (primary N) is 1. The molecule has 86 valence electrons. The third-order valence-corrected chi connectivity index (χ3v) is 2.76. The maximum absolute atomic E-state index is 5.45. The molecule has 16 heavy (non-hydrogen) atoms. The summed E-state index contributed by atoms with van der Waals surface area (Å²) in [5.74, 6) is 0. The highest BCUT2D eigenvalue weighted by molar-refractivity contribution is 9.10. The largest absolute Gasteiger partial charge is 0.372 e. The Balaban J connectivity index is 3.10. The first-order valence-corrected chi connectivity index (χ1v) is 6.16. The van der Waals surface area contributed by atoms with E-state index in [0.29, 0.717) is 0 Å². The molecular formula is C11H15BrN3S+. The lowest BCUT2D eigenvalue weighted by atomic mass is 10.1. The van der Waals surface area contributed by atoms with Crippen molar-refractivity contribution < 1.29 is 4.68 Å². The molecule has 0 spiro atoms. The number of nitrogens with zero attached hydrogens (tertiary/aromatic N) is 1. The number of hydrazone groups is 1. The van der Waals surface area contributed by atoms with Crippen LogP contribution in [0, 0.1) is 0 Å². The number of nitrogens with one attached hydrogen (secondary N) is 1. The number of hydrazine groups is 1. The van der Waals surface area contributed by atoms with E-state index in [1.165, 1.54) is 0 Å². The van der Waals surface area contributed by atoms with Crippen LogP contribution in [0.5, 0.6) is 0 Å². The van der Waals surface area contributed by atoms with Gasteiger partial charge in [-0.15, -0.1) is 10.1 Å². The number of thiocarbonyl (C=S) groups is 1. The summed E-state index contributed by atoms with van der Waals surface area (Å²) in [5, 5.41) is 0.267. The van der Waals surface area contributed by atoms with Crippen molar-refractivity contribution in [2.75, 3.05) is 7.05 Å². The van der Waals surface area contributed by atoms with Crippen molar-refractivity contribution in [3.63, 3.8) is 0 Å².